The lowest BCUT2D eigenvalue weighted by molar-refractivity contribution is 0.241. The molecule has 78 valence electrons. The molecule has 0 atom stereocenters. The van der Waals surface area contributed by atoms with Gasteiger partial charge in [-0.15, -0.1) is 0 Å². The molecule has 0 aliphatic heterocycles. The second-order valence-electron chi connectivity index (χ2n) is 3.02. The summed E-state index contributed by atoms with van der Waals surface area (Å²) in [5.41, 5.74) is 1.76. The molecule has 1 rings (SSSR count). The number of nitrogens with one attached hydrogen (secondary N) is 2. The van der Waals surface area contributed by atoms with Crippen LogP contribution >= 0.6 is 0 Å². The number of aryl methyl sites for hydroxylation is 2. The predicted octanol–water partition coefficient (Wildman–Crippen LogP) is 1.11. The van der Waals surface area contributed by atoms with Crippen LogP contribution in [0.3, 0.4) is 0 Å². The van der Waals surface area contributed by atoms with E-state index < -0.39 is 0 Å². The molecule has 0 unspecified atom stereocenters. The summed E-state index contributed by atoms with van der Waals surface area (Å²) in [5.74, 6) is 0.749. The molecule has 0 fully saturated rings. The Morgan fingerprint density at radius 1 is 1.43 bits per heavy atom. The van der Waals surface area contributed by atoms with E-state index in [-0.39, 0.29) is 6.03 Å². The summed E-state index contributed by atoms with van der Waals surface area (Å²) in [5, 5.41) is 9.16. The van der Waals surface area contributed by atoms with E-state index in [4.69, 9.17) is 4.52 Å². The highest BCUT2D eigenvalue weighted by Crippen LogP contribution is 2.10. The van der Waals surface area contributed by atoms with E-state index in [9.17, 15) is 4.79 Å². The second kappa shape index (κ2) is 4.64. The zero-order valence-corrected chi connectivity index (χ0v) is 8.68. The van der Waals surface area contributed by atoms with Gasteiger partial charge in [-0.3, -0.25) is 0 Å². The minimum absolute atomic E-state index is 0.174. The van der Waals surface area contributed by atoms with E-state index in [1.165, 1.54) is 0 Å². The Morgan fingerprint density at radius 3 is 2.64 bits per heavy atom. The van der Waals surface area contributed by atoms with E-state index in [0.29, 0.717) is 13.1 Å². The number of carbonyl (C=O) groups excluding carboxylic acids is 1. The predicted molar refractivity (Wildman–Crippen MR) is 51.9 cm³/mol. The van der Waals surface area contributed by atoms with E-state index in [2.05, 4.69) is 15.8 Å². The summed E-state index contributed by atoms with van der Waals surface area (Å²) in [7, 11) is 0. The fourth-order valence-electron chi connectivity index (χ4n) is 1.15. The van der Waals surface area contributed by atoms with E-state index in [1.807, 2.05) is 20.8 Å². The van der Waals surface area contributed by atoms with Gasteiger partial charge in [0.2, 0.25) is 0 Å². The van der Waals surface area contributed by atoms with Crippen molar-refractivity contribution in [3.63, 3.8) is 0 Å². The maximum Gasteiger partial charge on any atom is 0.315 e. The Kier molecular flexibility index (Phi) is 3.50. The van der Waals surface area contributed by atoms with Gasteiger partial charge in [-0.25, -0.2) is 4.79 Å². The fraction of sp³-hybridized carbons (Fsp3) is 0.556. The largest absolute Gasteiger partial charge is 0.361 e. The molecule has 14 heavy (non-hydrogen) atoms. The summed E-state index contributed by atoms with van der Waals surface area (Å²) in [6, 6.07) is -0.174. The molecule has 0 saturated carbocycles. The van der Waals surface area contributed by atoms with Crippen molar-refractivity contribution in [2.24, 2.45) is 0 Å². The highest BCUT2D eigenvalue weighted by molar-refractivity contribution is 5.73. The smallest absolute Gasteiger partial charge is 0.315 e. The molecular formula is C9H15N3O2. The lowest BCUT2D eigenvalue weighted by Gasteiger charge is -2.04. The zero-order valence-electron chi connectivity index (χ0n) is 8.68. The molecule has 2 amide bonds. The summed E-state index contributed by atoms with van der Waals surface area (Å²) in [6.07, 6.45) is 0. The zero-order chi connectivity index (χ0) is 10.6. The van der Waals surface area contributed by atoms with Crippen LogP contribution in [-0.2, 0) is 6.54 Å². The molecule has 0 aliphatic rings. The van der Waals surface area contributed by atoms with Crippen molar-refractivity contribution in [2.75, 3.05) is 6.54 Å². The van der Waals surface area contributed by atoms with Crippen LogP contribution in [0.1, 0.15) is 23.9 Å². The molecule has 0 aliphatic carbocycles. The van der Waals surface area contributed by atoms with Crippen LogP contribution in [0.5, 0.6) is 0 Å². The Labute approximate surface area is 82.8 Å². The number of hydrogen-bond acceptors (Lipinski definition) is 3. The molecule has 0 aromatic carbocycles. The van der Waals surface area contributed by atoms with E-state index in [1.54, 1.807) is 0 Å². The Balaban J connectivity index is 2.49. The topological polar surface area (TPSA) is 67.2 Å². The minimum atomic E-state index is -0.174. The third-order valence-electron chi connectivity index (χ3n) is 1.94. The maximum atomic E-state index is 11.1. The Hall–Kier alpha value is -1.52. The van der Waals surface area contributed by atoms with Crippen molar-refractivity contribution in [3.8, 4) is 0 Å². The molecule has 1 heterocycles. The number of urea groups is 1. The van der Waals surface area contributed by atoms with Gasteiger partial charge in [0.25, 0.3) is 0 Å². The number of rotatable bonds is 3. The molecule has 1 aromatic heterocycles. The molecule has 5 heteroatoms. The van der Waals surface area contributed by atoms with Crippen molar-refractivity contribution < 1.29 is 9.32 Å². The summed E-state index contributed by atoms with van der Waals surface area (Å²) in [6.45, 7) is 6.62. The first-order valence-electron chi connectivity index (χ1n) is 4.58. The number of amides is 2. The van der Waals surface area contributed by atoms with E-state index in [0.717, 1.165) is 17.0 Å². The van der Waals surface area contributed by atoms with Crippen LogP contribution in [0, 0.1) is 13.8 Å². The first-order chi connectivity index (χ1) is 6.65. The fourth-order valence-corrected chi connectivity index (χ4v) is 1.15. The van der Waals surface area contributed by atoms with Crippen molar-refractivity contribution in [3.05, 3.63) is 17.0 Å². The average Bonchev–Trinajstić information content (AvgIpc) is 2.44. The third kappa shape index (κ3) is 2.48. The van der Waals surface area contributed by atoms with Crippen molar-refractivity contribution in [1.29, 1.82) is 0 Å². The minimum Gasteiger partial charge on any atom is -0.361 e. The van der Waals surface area contributed by atoms with Gasteiger partial charge in [0.1, 0.15) is 5.76 Å². The van der Waals surface area contributed by atoms with Crippen LogP contribution in [-0.4, -0.2) is 17.7 Å². The number of hydrogen-bond donors (Lipinski definition) is 2. The number of aromatic nitrogens is 1. The van der Waals surface area contributed by atoms with Crippen LogP contribution in [0.15, 0.2) is 4.52 Å². The number of carbonyl (C=O) groups is 1. The van der Waals surface area contributed by atoms with Crippen molar-refractivity contribution in [1.82, 2.24) is 15.8 Å². The van der Waals surface area contributed by atoms with Crippen LogP contribution in [0.4, 0.5) is 4.79 Å². The SMILES string of the molecule is CCNC(=O)NCc1c(C)noc1C. The van der Waals surface area contributed by atoms with Crippen LogP contribution < -0.4 is 10.6 Å². The lowest BCUT2D eigenvalue weighted by Crippen LogP contribution is -2.34. The standard InChI is InChI=1S/C9H15N3O2/c1-4-10-9(13)11-5-8-6(2)12-14-7(8)3/h4-5H2,1-3H3,(H2,10,11,13). The van der Waals surface area contributed by atoms with Crippen LogP contribution in [0.2, 0.25) is 0 Å². The average molecular weight is 197 g/mol. The molecule has 5 nitrogen and oxygen atoms in total. The number of nitrogens with zero attached hydrogens (tertiary/aromatic N) is 1. The van der Waals surface area contributed by atoms with Crippen molar-refractivity contribution >= 4 is 6.03 Å². The monoisotopic (exact) mass is 197 g/mol. The van der Waals surface area contributed by atoms with Gasteiger partial charge in [0.15, 0.2) is 0 Å². The molecule has 0 radical (unpaired) electrons. The van der Waals surface area contributed by atoms with Gasteiger partial charge in [0, 0.05) is 18.7 Å². The maximum absolute atomic E-state index is 11.1. The first-order valence-corrected chi connectivity index (χ1v) is 4.58. The van der Waals surface area contributed by atoms with Crippen LogP contribution in [0.25, 0.3) is 0 Å². The third-order valence-corrected chi connectivity index (χ3v) is 1.94. The molecule has 0 saturated heterocycles. The Morgan fingerprint density at radius 2 is 2.14 bits per heavy atom. The molecular weight excluding hydrogens is 182 g/mol. The first kappa shape index (κ1) is 10.6. The molecule has 0 spiro atoms. The van der Waals surface area contributed by atoms with Gasteiger partial charge < -0.3 is 15.2 Å². The molecule has 2 N–H and O–H groups in total. The molecule has 0 bridgehead atoms. The highest BCUT2D eigenvalue weighted by Gasteiger charge is 2.09. The quantitative estimate of drug-likeness (QED) is 0.762. The highest BCUT2D eigenvalue weighted by atomic mass is 16.5. The normalized spacial score (nSPS) is 9.93. The van der Waals surface area contributed by atoms with Gasteiger partial charge >= 0.3 is 6.03 Å². The summed E-state index contributed by atoms with van der Waals surface area (Å²) >= 11 is 0. The van der Waals surface area contributed by atoms with Gasteiger partial charge in [-0.05, 0) is 20.8 Å². The van der Waals surface area contributed by atoms with E-state index >= 15 is 0 Å². The second-order valence-corrected chi connectivity index (χ2v) is 3.02. The van der Waals surface area contributed by atoms with Gasteiger partial charge in [-0.1, -0.05) is 5.16 Å². The Bertz CT molecular complexity index is 300. The summed E-state index contributed by atoms with van der Waals surface area (Å²) in [4.78, 5) is 11.1. The van der Waals surface area contributed by atoms with Crippen molar-refractivity contribution in [2.45, 2.75) is 27.3 Å². The summed E-state index contributed by atoms with van der Waals surface area (Å²) < 4.78 is 4.97. The lowest BCUT2D eigenvalue weighted by atomic mass is 10.2. The molecule has 1 aromatic rings. The van der Waals surface area contributed by atoms with Gasteiger partial charge in [0.05, 0.1) is 5.69 Å². The van der Waals surface area contributed by atoms with Gasteiger partial charge in [-0.2, -0.15) is 0 Å².